The number of fused-ring (bicyclic) bond motifs is 1. The molecule has 1 saturated carbocycles. The molecule has 1 fully saturated rings. The molecule has 3 rings (SSSR count). The van der Waals surface area contributed by atoms with Gasteiger partial charge in [0.15, 0.2) is 0 Å². The minimum absolute atomic E-state index is 0.383. The lowest BCUT2D eigenvalue weighted by atomic mass is 9.87. The highest BCUT2D eigenvalue weighted by Gasteiger charge is 2.22. The van der Waals surface area contributed by atoms with Crippen molar-refractivity contribution < 1.29 is 4.74 Å². The van der Waals surface area contributed by atoms with Crippen molar-refractivity contribution in [2.75, 3.05) is 13.6 Å². The molecular formula is C18H23NO. The Morgan fingerprint density at radius 1 is 1.00 bits per heavy atom. The lowest BCUT2D eigenvalue weighted by Crippen LogP contribution is -2.28. The molecule has 1 aliphatic carbocycles. The average Bonchev–Trinajstić information content (AvgIpc) is 2.50. The first kappa shape index (κ1) is 13.4. The van der Waals surface area contributed by atoms with Gasteiger partial charge in [-0.25, -0.2) is 0 Å². The molecule has 20 heavy (non-hydrogen) atoms. The van der Waals surface area contributed by atoms with Crippen LogP contribution in [-0.2, 0) is 0 Å². The van der Waals surface area contributed by atoms with Gasteiger partial charge in [-0.15, -0.1) is 0 Å². The Labute approximate surface area is 121 Å². The van der Waals surface area contributed by atoms with Crippen LogP contribution >= 0.6 is 0 Å². The smallest absolute Gasteiger partial charge is 0.127 e. The maximum atomic E-state index is 6.27. The second-order valence-corrected chi connectivity index (χ2v) is 5.80. The number of nitrogens with one attached hydrogen (secondary N) is 1. The largest absolute Gasteiger partial charge is 0.490 e. The van der Waals surface area contributed by atoms with Crippen LogP contribution in [0.2, 0.25) is 0 Å². The molecule has 0 spiro atoms. The zero-order valence-electron chi connectivity index (χ0n) is 12.1. The van der Waals surface area contributed by atoms with E-state index in [0.717, 1.165) is 18.2 Å². The molecular weight excluding hydrogens is 246 g/mol. The van der Waals surface area contributed by atoms with Crippen molar-refractivity contribution >= 4 is 10.8 Å². The molecule has 2 aromatic carbocycles. The average molecular weight is 269 g/mol. The highest BCUT2D eigenvalue weighted by molar-refractivity contribution is 5.88. The Balaban J connectivity index is 1.68. The van der Waals surface area contributed by atoms with Crippen LogP contribution in [0.25, 0.3) is 10.8 Å². The molecule has 0 atom stereocenters. The summed E-state index contributed by atoms with van der Waals surface area (Å²) in [6.07, 6.45) is 5.28. The van der Waals surface area contributed by atoms with Gasteiger partial charge in [-0.05, 0) is 56.6 Å². The second kappa shape index (κ2) is 6.27. The second-order valence-electron chi connectivity index (χ2n) is 5.80. The van der Waals surface area contributed by atoms with Gasteiger partial charge in [0.25, 0.3) is 0 Å². The highest BCUT2D eigenvalue weighted by Crippen LogP contribution is 2.31. The summed E-state index contributed by atoms with van der Waals surface area (Å²) in [5, 5.41) is 5.77. The Morgan fingerprint density at radius 3 is 2.55 bits per heavy atom. The van der Waals surface area contributed by atoms with E-state index < -0.39 is 0 Å². The minimum atomic E-state index is 0.383. The zero-order chi connectivity index (χ0) is 13.8. The first-order valence-electron chi connectivity index (χ1n) is 7.66. The molecule has 1 aliphatic rings. The van der Waals surface area contributed by atoms with Crippen LogP contribution < -0.4 is 10.1 Å². The molecule has 0 saturated heterocycles. The standard InChI is InChI=1S/C18H23NO/c1-19-13-14-9-11-16(12-10-14)20-18-8-4-6-15-5-2-3-7-17(15)18/h2-8,14,16,19H,9-13H2,1H3. The van der Waals surface area contributed by atoms with E-state index in [0.29, 0.717) is 6.10 Å². The molecule has 2 nitrogen and oxygen atoms in total. The van der Waals surface area contributed by atoms with Gasteiger partial charge in [0.2, 0.25) is 0 Å². The summed E-state index contributed by atoms with van der Waals surface area (Å²) in [6.45, 7) is 1.14. The quantitative estimate of drug-likeness (QED) is 0.906. The number of hydrogen-bond acceptors (Lipinski definition) is 2. The Bertz CT molecular complexity index is 553. The van der Waals surface area contributed by atoms with E-state index in [2.05, 4.69) is 47.8 Å². The third-order valence-electron chi connectivity index (χ3n) is 4.33. The van der Waals surface area contributed by atoms with Gasteiger partial charge in [-0.1, -0.05) is 36.4 Å². The van der Waals surface area contributed by atoms with Crippen molar-refractivity contribution in [3.8, 4) is 5.75 Å². The lowest BCUT2D eigenvalue weighted by Gasteiger charge is -2.29. The normalized spacial score (nSPS) is 22.9. The molecule has 0 amide bonds. The van der Waals surface area contributed by atoms with E-state index in [9.17, 15) is 0 Å². The molecule has 0 radical (unpaired) electrons. The van der Waals surface area contributed by atoms with Gasteiger partial charge in [0, 0.05) is 5.39 Å². The van der Waals surface area contributed by atoms with Crippen LogP contribution in [0.1, 0.15) is 25.7 Å². The molecule has 2 heteroatoms. The van der Waals surface area contributed by atoms with Gasteiger partial charge >= 0.3 is 0 Å². The summed E-state index contributed by atoms with van der Waals surface area (Å²) in [6, 6.07) is 14.8. The number of hydrogen-bond donors (Lipinski definition) is 1. The van der Waals surface area contributed by atoms with E-state index in [1.165, 1.54) is 36.5 Å². The van der Waals surface area contributed by atoms with Crippen LogP contribution in [0.15, 0.2) is 42.5 Å². The van der Waals surface area contributed by atoms with Gasteiger partial charge in [-0.3, -0.25) is 0 Å². The maximum absolute atomic E-state index is 6.27. The summed E-state index contributed by atoms with van der Waals surface area (Å²) in [7, 11) is 2.04. The van der Waals surface area contributed by atoms with Crippen LogP contribution in [0, 0.1) is 5.92 Å². The van der Waals surface area contributed by atoms with E-state index in [1.807, 2.05) is 7.05 Å². The number of ether oxygens (including phenoxy) is 1. The van der Waals surface area contributed by atoms with Crippen molar-refractivity contribution in [1.82, 2.24) is 5.32 Å². The summed E-state index contributed by atoms with van der Waals surface area (Å²) in [5.41, 5.74) is 0. The van der Waals surface area contributed by atoms with Crippen LogP contribution in [0.3, 0.4) is 0 Å². The molecule has 0 aliphatic heterocycles. The fourth-order valence-corrected chi connectivity index (χ4v) is 3.22. The molecule has 0 unspecified atom stereocenters. The van der Waals surface area contributed by atoms with Gasteiger partial charge in [0.05, 0.1) is 6.10 Å². The third kappa shape index (κ3) is 2.96. The predicted octanol–water partition coefficient (Wildman–Crippen LogP) is 4.00. The molecule has 0 bridgehead atoms. The van der Waals surface area contributed by atoms with Crippen molar-refractivity contribution in [1.29, 1.82) is 0 Å². The summed E-state index contributed by atoms with van der Waals surface area (Å²) < 4.78 is 6.27. The molecule has 0 heterocycles. The lowest BCUT2D eigenvalue weighted by molar-refractivity contribution is 0.133. The van der Waals surface area contributed by atoms with Gasteiger partial charge in [-0.2, -0.15) is 0 Å². The monoisotopic (exact) mass is 269 g/mol. The summed E-state index contributed by atoms with van der Waals surface area (Å²) >= 11 is 0. The Kier molecular flexibility index (Phi) is 4.22. The highest BCUT2D eigenvalue weighted by atomic mass is 16.5. The van der Waals surface area contributed by atoms with E-state index in [4.69, 9.17) is 4.74 Å². The first-order valence-corrected chi connectivity index (χ1v) is 7.66. The Hall–Kier alpha value is -1.54. The SMILES string of the molecule is CNCC1CCC(Oc2cccc3ccccc23)CC1. The van der Waals surface area contributed by atoms with Crippen molar-refractivity contribution in [3.05, 3.63) is 42.5 Å². The zero-order valence-corrected chi connectivity index (χ0v) is 12.1. The van der Waals surface area contributed by atoms with Gasteiger partial charge in [0.1, 0.15) is 5.75 Å². The maximum Gasteiger partial charge on any atom is 0.127 e. The first-order chi connectivity index (χ1) is 9.86. The van der Waals surface area contributed by atoms with Crippen LogP contribution in [0.5, 0.6) is 5.75 Å². The summed E-state index contributed by atoms with van der Waals surface area (Å²) in [5.74, 6) is 1.87. The molecule has 2 aromatic rings. The topological polar surface area (TPSA) is 21.3 Å². The number of rotatable bonds is 4. The van der Waals surface area contributed by atoms with Gasteiger partial charge < -0.3 is 10.1 Å². The van der Waals surface area contributed by atoms with Crippen molar-refractivity contribution in [2.24, 2.45) is 5.92 Å². The molecule has 106 valence electrons. The Morgan fingerprint density at radius 2 is 1.75 bits per heavy atom. The number of benzene rings is 2. The summed E-state index contributed by atoms with van der Waals surface area (Å²) in [4.78, 5) is 0. The third-order valence-corrected chi connectivity index (χ3v) is 4.33. The van der Waals surface area contributed by atoms with Crippen LogP contribution in [0.4, 0.5) is 0 Å². The van der Waals surface area contributed by atoms with E-state index in [-0.39, 0.29) is 0 Å². The fraction of sp³-hybridized carbons (Fsp3) is 0.444. The van der Waals surface area contributed by atoms with Crippen LogP contribution in [-0.4, -0.2) is 19.7 Å². The molecule has 0 aromatic heterocycles. The van der Waals surface area contributed by atoms with E-state index in [1.54, 1.807) is 0 Å². The van der Waals surface area contributed by atoms with Crippen molar-refractivity contribution in [3.63, 3.8) is 0 Å². The van der Waals surface area contributed by atoms with E-state index >= 15 is 0 Å². The molecule has 1 N–H and O–H groups in total. The fourth-order valence-electron chi connectivity index (χ4n) is 3.22. The van der Waals surface area contributed by atoms with Crippen molar-refractivity contribution in [2.45, 2.75) is 31.8 Å². The predicted molar refractivity (Wildman–Crippen MR) is 84.2 cm³/mol. The minimum Gasteiger partial charge on any atom is -0.490 e.